The maximum Gasteiger partial charge on any atom is 0.331 e. The Hall–Kier alpha value is -0.653. The number of hydrogen-bond donors (Lipinski definition) is 1. The average molecular weight is 274 g/mol. The van der Waals surface area contributed by atoms with Crippen LogP contribution in [-0.4, -0.2) is 39.8 Å². The zero-order chi connectivity index (χ0) is 14.1. The van der Waals surface area contributed by atoms with Crippen molar-refractivity contribution in [1.82, 2.24) is 0 Å². The Morgan fingerprint density at radius 2 is 1.72 bits per heavy atom. The maximum absolute atomic E-state index is 11.1. The van der Waals surface area contributed by atoms with E-state index in [1.54, 1.807) is 6.08 Å². The summed E-state index contributed by atoms with van der Waals surface area (Å²) in [6, 6.07) is 1.10. The van der Waals surface area contributed by atoms with E-state index in [2.05, 4.69) is 0 Å². The first-order valence-corrected chi connectivity index (χ1v) is 8.03. The van der Waals surface area contributed by atoms with Crippen LogP contribution in [-0.2, 0) is 14.3 Å². The molecule has 0 rings (SSSR count). The second-order valence-electron chi connectivity index (χ2n) is 4.84. The normalized spacial score (nSPS) is 12.9. The summed E-state index contributed by atoms with van der Waals surface area (Å²) < 4.78 is 11.1. The summed E-state index contributed by atoms with van der Waals surface area (Å²) in [4.78, 5) is 11.1. The van der Waals surface area contributed by atoms with E-state index in [4.69, 9.17) is 14.6 Å². The Kier molecular flexibility index (Phi) is 8.96. The third-order valence-electron chi connectivity index (χ3n) is 2.22. The van der Waals surface area contributed by atoms with Crippen LogP contribution in [0.1, 0.15) is 40.5 Å². The molecule has 0 fully saturated rings. The van der Waals surface area contributed by atoms with Crippen LogP contribution in [0.15, 0.2) is 11.6 Å². The fourth-order valence-electron chi connectivity index (χ4n) is 1.44. The summed E-state index contributed by atoms with van der Waals surface area (Å²) in [6.45, 7) is 7.62. The third kappa shape index (κ3) is 8.44. The molecular formula is C13H26O4Si. The molecule has 0 bridgehead atoms. The van der Waals surface area contributed by atoms with Gasteiger partial charge in [-0.1, -0.05) is 12.5 Å². The van der Waals surface area contributed by atoms with Gasteiger partial charge in [0.05, 0.1) is 12.2 Å². The molecule has 0 aliphatic rings. The molecule has 0 aromatic carbocycles. The zero-order valence-electron chi connectivity index (χ0n) is 12.1. The number of carboxylic acid groups (broad SMARTS) is 1. The van der Waals surface area contributed by atoms with Gasteiger partial charge in [-0.25, -0.2) is 4.79 Å². The van der Waals surface area contributed by atoms with E-state index in [9.17, 15) is 4.79 Å². The highest BCUT2D eigenvalue weighted by Crippen LogP contribution is 2.13. The minimum Gasteiger partial charge on any atom is -0.478 e. The molecule has 18 heavy (non-hydrogen) atoms. The second kappa shape index (κ2) is 9.30. The van der Waals surface area contributed by atoms with Gasteiger partial charge in [-0.15, -0.1) is 0 Å². The Balaban J connectivity index is 4.76. The first-order chi connectivity index (χ1) is 8.36. The van der Waals surface area contributed by atoms with E-state index in [1.807, 2.05) is 27.7 Å². The van der Waals surface area contributed by atoms with Gasteiger partial charge in [0, 0.05) is 15.8 Å². The van der Waals surface area contributed by atoms with Crippen molar-refractivity contribution >= 4 is 16.2 Å². The molecular weight excluding hydrogens is 248 g/mol. The summed E-state index contributed by atoms with van der Waals surface area (Å²) in [6.07, 6.45) is 2.51. The van der Waals surface area contributed by atoms with Gasteiger partial charge in [-0.2, -0.15) is 0 Å². The topological polar surface area (TPSA) is 55.8 Å². The number of ether oxygens (including phenoxy) is 2. The highest BCUT2D eigenvalue weighted by molar-refractivity contribution is 6.08. The van der Waals surface area contributed by atoms with E-state index in [0.717, 1.165) is 22.7 Å². The van der Waals surface area contributed by atoms with E-state index >= 15 is 0 Å². The fourth-order valence-corrected chi connectivity index (χ4v) is 1.79. The van der Waals surface area contributed by atoms with Crippen LogP contribution in [0.4, 0.5) is 0 Å². The second-order valence-corrected chi connectivity index (χ2v) is 5.84. The summed E-state index contributed by atoms with van der Waals surface area (Å²) in [7, 11) is 1.10. The quantitative estimate of drug-likeness (QED) is 0.395. The lowest BCUT2D eigenvalue weighted by Crippen LogP contribution is -2.24. The van der Waals surface area contributed by atoms with Gasteiger partial charge < -0.3 is 14.6 Å². The molecule has 5 heteroatoms. The zero-order valence-corrected chi connectivity index (χ0v) is 14.1. The van der Waals surface area contributed by atoms with Crippen molar-refractivity contribution in [2.24, 2.45) is 0 Å². The molecule has 0 saturated carbocycles. The van der Waals surface area contributed by atoms with Crippen molar-refractivity contribution in [3.05, 3.63) is 11.6 Å². The molecule has 0 spiro atoms. The van der Waals surface area contributed by atoms with Crippen LogP contribution >= 0.6 is 0 Å². The lowest BCUT2D eigenvalue weighted by Gasteiger charge is -2.21. The van der Waals surface area contributed by atoms with Crippen molar-refractivity contribution in [3.8, 4) is 0 Å². The number of hydrogen-bond acceptors (Lipinski definition) is 3. The van der Waals surface area contributed by atoms with E-state index < -0.39 is 12.3 Å². The van der Waals surface area contributed by atoms with Crippen molar-refractivity contribution in [1.29, 1.82) is 0 Å². The van der Waals surface area contributed by atoms with Gasteiger partial charge in [0.25, 0.3) is 0 Å². The van der Waals surface area contributed by atoms with Gasteiger partial charge in [0.2, 0.25) is 0 Å². The Morgan fingerprint density at radius 1 is 1.22 bits per heavy atom. The van der Waals surface area contributed by atoms with Crippen molar-refractivity contribution in [2.45, 2.75) is 65.1 Å². The summed E-state index contributed by atoms with van der Waals surface area (Å²) >= 11 is 0. The van der Waals surface area contributed by atoms with E-state index in [0.29, 0.717) is 12.0 Å². The standard InChI is InChI=1S/C13H26O4Si/c1-9(2)16-12(17-10(3)4)8-11(13(14)15)6-5-7-18/h8-10,12H,5-7H2,1-4,18H3,(H,14,15). The molecule has 0 aliphatic heterocycles. The van der Waals surface area contributed by atoms with Gasteiger partial charge in [0.1, 0.15) is 0 Å². The van der Waals surface area contributed by atoms with E-state index in [1.165, 1.54) is 0 Å². The Bertz CT molecular complexity index is 264. The molecule has 0 saturated heterocycles. The number of aliphatic carboxylic acids is 1. The predicted octanol–water partition coefficient (Wildman–Crippen LogP) is 1.74. The van der Waals surface area contributed by atoms with Gasteiger partial charge in [0.15, 0.2) is 6.29 Å². The molecule has 106 valence electrons. The minimum atomic E-state index is -0.880. The molecule has 0 aromatic rings. The molecule has 0 amide bonds. The van der Waals surface area contributed by atoms with Crippen LogP contribution in [0.5, 0.6) is 0 Å². The summed E-state index contributed by atoms with van der Waals surface area (Å²) in [5.41, 5.74) is 0.386. The molecule has 0 aromatic heterocycles. The van der Waals surface area contributed by atoms with Crippen LogP contribution in [0.25, 0.3) is 0 Å². The van der Waals surface area contributed by atoms with E-state index in [-0.39, 0.29) is 12.2 Å². The summed E-state index contributed by atoms with van der Waals surface area (Å²) in [5.74, 6) is -0.880. The molecule has 1 N–H and O–H groups in total. The SMILES string of the molecule is CC(C)OC(C=C(CCC[SiH3])C(=O)O)OC(C)C. The Labute approximate surface area is 113 Å². The van der Waals surface area contributed by atoms with Gasteiger partial charge in [-0.3, -0.25) is 0 Å². The highest BCUT2D eigenvalue weighted by Gasteiger charge is 2.15. The van der Waals surface area contributed by atoms with Crippen LogP contribution in [0.2, 0.25) is 6.04 Å². The predicted molar refractivity (Wildman–Crippen MR) is 75.9 cm³/mol. The lowest BCUT2D eigenvalue weighted by atomic mass is 10.1. The highest BCUT2D eigenvalue weighted by atomic mass is 28.1. The molecule has 0 atom stereocenters. The molecule has 0 radical (unpaired) electrons. The third-order valence-corrected chi connectivity index (χ3v) is 2.93. The van der Waals surface area contributed by atoms with Crippen LogP contribution in [0, 0.1) is 0 Å². The van der Waals surface area contributed by atoms with Crippen molar-refractivity contribution in [2.75, 3.05) is 0 Å². The number of carboxylic acids is 1. The molecule has 0 unspecified atom stereocenters. The molecule has 4 nitrogen and oxygen atoms in total. The monoisotopic (exact) mass is 274 g/mol. The largest absolute Gasteiger partial charge is 0.478 e. The number of rotatable bonds is 9. The first kappa shape index (κ1) is 17.3. The lowest BCUT2D eigenvalue weighted by molar-refractivity contribution is -0.154. The van der Waals surface area contributed by atoms with Crippen LogP contribution < -0.4 is 0 Å². The molecule has 0 aliphatic carbocycles. The van der Waals surface area contributed by atoms with Crippen molar-refractivity contribution in [3.63, 3.8) is 0 Å². The Morgan fingerprint density at radius 3 is 2.06 bits per heavy atom. The minimum absolute atomic E-state index is 0.00127. The first-order valence-electron chi connectivity index (χ1n) is 6.61. The van der Waals surface area contributed by atoms with Crippen molar-refractivity contribution < 1.29 is 19.4 Å². The summed E-state index contributed by atoms with van der Waals surface area (Å²) in [5, 5.41) is 9.15. The maximum atomic E-state index is 11.1. The smallest absolute Gasteiger partial charge is 0.331 e. The van der Waals surface area contributed by atoms with Gasteiger partial charge >= 0.3 is 5.97 Å². The fraction of sp³-hybridized carbons (Fsp3) is 0.769. The average Bonchev–Trinajstić information content (AvgIpc) is 2.21. The van der Waals surface area contributed by atoms with Crippen LogP contribution in [0.3, 0.4) is 0 Å². The molecule has 0 heterocycles. The van der Waals surface area contributed by atoms with Gasteiger partial charge in [-0.05, 0) is 40.2 Å². The number of carbonyl (C=O) groups is 1.